The number of hydrogen-bond acceptors (Lipinski definition) is 7. The minimum atomic E-state index is -0.852. The maximum atomic E-state index is 14.4. The van der Waals surface area contributed by atoms with E-state index in [0.717, 1.165) is 11.3 Å². The lowest BCUT2D eigenvalue weighted by Crippen LogP contribution is -2.39. The lowest BCUT2D eigenvalue weighted by atomic mass is 9.96. The fraction of sp³-hybridized carbons (Fsp3) is 0.200. The van der Waals surface area contributed by atoms with Gasteiger partial charge in [0.2, 0.25) is 0 Å². The second kappa shape index (κ2) is 9.97. The highest BCUT2D eigenvalue weighted by atomic mass is 35.5. The highest BCUT2D eigenvalue weighted by Crippen LogP contribution is 2.31. The third-order valence-electron chi connectivity index (χ3n) is 5.25. The summed E-state index contributed by atoms with van der Waals surface area (Å²) in [5, 5.41) is 0.164. The van der Waals surface area contributed by atoms with Gasteiger partial charge in [0.25, 0.3) is 5.56 Å². The van der Waals surface area contributed by atoms with Gasteiger partial charge >= 0.3 is 11.9 Å². The number of fused-ring (bicyclic) bond motifs is 1. The van der Waals surface area contributed by atoms with Crippen molar-refractivity contribution in [1.82, 2.24) is 4.57 Å². The topological polar surface area (TPSA) is 87.0 Å². The summed E-state index contributed by atoms with van der Waals surface area (Å²) in [4.78, 5) is 42.6. The molecule has 180 valence electrons. The van der Waals surface area contributed by atoms with E-state index in [1.54, 1.807) is 38.1 Å². The SMILES string of the molecule is CCOC(=O)C1=C(C)N=c2s/c(=C\c3c(F)cccc3Cl)c(=O)n2[C@H]1c1ccc(OC(C)=O)cc1. The molecule has 0 fully saturated rings. The Morgan fingerprint density at radius 2 is 1.94 bits per heavy atom. The van der Waals surface area contributed by atoms with Gasteiger partial charge in [-0.25, -0.2) is 14.2 Å². The van der Waals surface area contributed by atoms with Gasteiger partial charge in [-0.3, -0.25) is 14.2 Å². The van der Waals surface area contributed by atoms with E-state index < -0.39 is 29.4 Å². The van der Waals surface area contributed by atoms with Gasteiger partial charge in [0.05, 0.1) is 33.5 Å². The zero-order valence-corrected chi connectivity index (χ0v) is 20.6. The summed E-state index contributed by atoms with van der Waals surface area (Å²) in [5.41, 5.74) is 0.804. The van der Waals surface area contributed by atoms with Gasteiger partial charge in [-0.05, 0) is 49.8 Å². The molecule has 1 aromatic heterocycles. The summed E-state index contributed by atoms with van der Waals surface area (Å²) in [6.07, 6.45) is 1.38. The number of ether oxygens (including phenoxy) is 2. The molecule has 1 atom stereocenters. The van der Waals surface area contributed by atoms with Gasteiger partial charge < -0.3 is 9.47 Å². The highest BCUT2D eigenvalue weighted by Gasteiger charge is 2.33. The Hall–Kier alpha value is -3.56. The summed E-state index contributed by atoms with van der Waals surface area (Å²) in [7, 11) is 0. The molecule has 3 aromatic rings. The van der Waals surface area contributed by atoms with E-state index in [-0.39, 0.29) is 27.3 Å². The smallest absolute Gasteiger partial charge is 0.338 e. The molecule has 0 saturated heterocycles. The van der Waals surface area contributed by atoms with Crippen LogP contribution in [-0.2, 0) is 14.3 Å². The molecule has 2 heterocycles. The van der Waals surface area contributed by atoms with E-state index in [1.165, 1.54) is 35.8 Å². The average Bonchev–Trinajstić information content (AvgIpc) is 3.10. The first kappa shape index (κ1) is 24.6. The molecule has 0 amide bonds. The minimum absolute atomic E-state index is 0.0862. The van der Waals surface area contributed by atoms with Crippen LogP contribution < -0.4 is 19.6 Å². The standard InChI is InChI=1S/C25H20ClFN2O5S/c1-4-33-24(32)21-13(2)28-25-29(22(21)15-8-10-16(11-9-15)34-14(3)30)23(31)20(35-25)12-17-18(26)6-5-7-19(17)27/h5-12,22H,4H2,1-3H3/b20-12-/t22-/m0/s1. The zero-order chi connectivity index (χ0) is 25.3. The number of aromatic nitrogens is 1. The molecular formula is C25H20ClFN2O5S. The molecule has 0 unspecified atom stereocenters. The molecule has 0 N–H and O–H groups in total. The normalized spacial score (nSPS) is 15.5. The maximum absolute atomic E-state index is 14.4. The molecular weight excluding hydrogens is 495 g/mol. The molecule has 7 nitrogen and oxygen atoms in total. The largest absolute Gasteiger partial charge is 0.463 e. The van der Waals surface area contributed by atoms with Gasteiger partial charge in [-0.1, -0.05) is 41.1 Å². The van der Waals surface area contributed by atoms with Crippen LogP contribution in [0.5, 0.6) is 5.75 Å². The minimum Gasteiger partial charge on any atom is -0.463 e. The van der Waals surface area contributed by atoms with Crippen molar-refractivity contribution in [1.29, 1.82) is 0 Å². The Bertz CT molecular complexity index is 1520. The van der Waals surface area contributed by atoms with Gasteiger partial charge in [0, 0.05) is 12.5 Å². The highest BCUT2D eigenvalue weighted by molar-refractivity contribution is 7.07. The van der Waals surface area contributed by atoms with Crippen LogP contribution >= 0.6 is 22.9 Å². The monoisotopic (exact) mass is 514 g/mol. The Labute approximate surface area is 208 Å². The number of nitrogens with zero attached hydrogens (tertiary/aromatic N) is 2. The molecule has 0 radical (unpaired) electrons. The second-order valence-electron chi connectivity index (χ2n) is 7.60. The van der Waals surface area contributed by atoms with Gasteiger partial charge in [0.1, 0.15) is 11.6 Å². The van der Waals surface area contributed by atoms with Crippen LogP contribution in [0.4, 0.5) is 4.39 Å². The van der Waals surface area contributed by atoms with E-state index in [4.69, 9.17) is 21.1 Å². The fourth-order valence-electron chi connectivity index (χ4n) is 3.77. The van der Waals surface area contributed by atoms with Crippen LogP contribution in [0.3, 0.4) is 0 Å². The predicted octanol–water partition coefficient (Wildman–Crippen LogP) is 3.52. The Morgan fingerprint density at radius 1 is 1.23 bits per heavy atom. The first-order valence-corrected chi connectivity index (χ1v) is 11.8. The molecule has 4 rings (SSSR count). The zero-order valence-electron chi connectivity index (χ0n) is 19.0. The maximum Gasteiger partial charge on any atom is 0.338 e. The molecule has 1 aliphatic rings. The van der Waals surface area contributed by atoms with Crippen LogP contribution in [0.2, 0.25) is 5.02 Å². The van der Waals surface area contributed by atoms with Crippen LogP contribution in [0, 0.1) is 5.82 Å². The van der Waals surface area contributed by atoms with Crippen LogP contribution in [0.1, 0.15) is 37.9 Å². The van der Waals surface area contributed by atoms with Gasteiger partial charge in [0.15, 0.2) is 4.80 Å². The quantitative estimate of drug-likeness (QED) is 0.384. The third-order valence-corrected chi connectivity index (χ3v) is 6.56. The van der Waals surface area contributed by atoms with Crippen molar-refractivity contribution in [2.24, 2.45) is 4.99 Å². The number of benzene rings is 2. The second-order valence-corrected chi connectivity index (χ2v) is 9.02. The first-order chi connectivity index (χ1) is 16.7. The Balaban J connectivity index is 1.94. The number of thiazole rings is 1. The number of carbonyl (C=O) groups is 2. The Morgan fingerprint density at radius 3 is 2.57 bits per heavy atom. The summed E-state index contributed by atoms with van der Waals surface area (Å²) < 4.78 is 26.3. The summed E-state index contributed by atoms with van der Waals surface area (Å²) >= 11 is 7.21. The molecule has 0 spiro atoms. The van der Waals surface area contributed by atoms with Crippen molar-refractivity contribution in [2.75, 3.05) is 6.61 Å². The van der Waals surface area contributed by atoms with Gasteiger partial charge in [-0.15, -0.1) is 0 Å². The Kier molecular flexibility index (Phi) is 7.00. The number of esters is 2. The lowest BCUT2D eigenvalue weighted by molar-refractivity contribution is -0.139. The van der Waals surface area contributed by atoms with Crippen molar-refractivity contribution in [3.8, 4) is 5.75 Å². The molecule has 1 aliphatic heterocycles. The number of carbonyl (C=O) groups excluding carboxylic acids is 2. The summed E-state index contributed by atoms with van der Waals surface area (Å²) in [6.45, 7) is 4.78. The van der Waals surface area contributed by atoms with Crippen molar-refractivity contribution in [3.05, 3.63) is 95.4 Å². The van der Waals surface area contributed by atoms with Crippen molar-refractivity contribution in [2.45, 2.75) is 26.8 Å². The molecule has 0 aliphatic carbocycles. The van der Waals surface area contributed by atoms with Crippen LogP contribution in [-0.4, -0.2) is 23.1 Å². The number of hydrogen-bond donors (Lipinski definition) is 0. The number of halogens is 2. The molecule has 2 aromatic carbocycles. The predicted molar refractivity (Wildman–Crippen MR) is 130 cm³/mol. The molecule has 35 heavy (non-hydrogen) atoms. The van der Waals surface area contributed by atoms with Crippen molar-refractivity contribution >= 4 is 41.0 Å². The van der Waals surface area contributed by atoms with Crippen molar-refractivity contribution < 1.29 is 23.5 Å². The fourth-order valence-corrected chi connectivity index (χ4v) is 5.02. The van der Waals surface area contributed by atoms with Crippen LogP contribution in [0.25, 0.3) is 6.08 Å². The lowest BCUT2D eigenvalue weighted by Gasteiger charge is -2.24. The number of allylic oxidation sites excluding steroid dienone is 1. The molecule has 0 saturated carbocycles. The first-order valence-electron chi connectivity index (χ1n) is 10.6. The summed E-state index contributed by atoms with van der Waals surface area (Å²) in [5.74, 6) is -1.32. The van der Waals surface area contributed by atoms with Gasteiger partial charge in [-0.2, -0.15) is 0 Å². The van der Waals surface area contributed by atoms with Crippen molar-refractivity contribution in [3.63, 3.8) is 0 Å². The van der Waals surface area contributed by atoms with E-state index in [0.29, 0.717) is 21.8 Å². The van der Waals surface area contributed by atoms with E-state index in [2.05, 4.69) is 4.99 Å². The van der Waals surface area contributed by atoms with Crippen LogP contribution in [0.15, 0.2) is 63.5 Å². The molecule has 10 heteroatoms. The summed E-state index contributed by atoms with van der Waals surface area (Å²) in [6, 6.07) is 9.88. The average molecular weight is 515 g/mol. The van der Waals surface area contributed by atoms with E-state index >= 15 is 0 Å². The number of rotatable bonds is 5. The molecule has 0 bridgehead atoms. The van der Waals surface area contributed by atoms with E-state index in [9.17, 15) is 18.8 Å². The van der Waals surface area contributed by atoms with E-state index in [1.807, 2.05) is 0 Å². The third kappa shape index (κ3) is 4.82.